The first kappa shape index (κ1) is 9.38. The molecule has 1 aromatic heterocycles. The molecular weight excluding hydrogens is 214 g/mol. The summed E-state index contributed by atoms with van der Waals surface area (Å²) in [5, 5.41) is 19.1. The Morgan fingerprint density at radius 3 is 2.93 bits per heavy atom. The van der Waals surface area contributed by atoms with Crippen LogP contribution in [0, 0.1) is 11.3 Å². The highest BCUT2D eigenvalue weighted by Gasteiger charge is 2.10. The van der Waals surface area contributed by atoms with Crippen LogP contribution in [0.2, 0.25) is 0 Å². The average Bonchev–Trinajstić information content (AvgIpc) is 2.48. The molecule has 0 unspecified atom stereocenters. The Morgan fingerprint density at radius 2 is 2.29 bits per heavy atom. The molecule has 1 N–H and O–H groups in total. The second-order valence-electron chi connectivity index (χ2n) is 2.86. The Kier molecular flexibility index (Phi) is 2.36. The molecule has 2 nitrogen and oxygen atoms in total. The first-order chi connectivity index (χ1) is 6.74. The number of hydrogen-bond donors (Lipinski definition) is 2. The summed E-state index contributed by atoms with van der Waals surface area (Å²) < 4.78 is 0.808. The smallest absolute Gasteiger partial charge is 0.133 e. The number of thiol groups is 1. The maximum atomic E-state index is 9.57. The number of thiophene rings is 1. The van der Waals surface area contributed by atoms with Gasteiger partial charge in [-0.1, -0.05) is 12.1 Å². The fourth-order valence-corrected chi connectivity index (χ4v) is 2.85. The van der Waals surface area contributed by atoms with Crippen LogP contribution in [0.1, 0.15) is 4.88 Å². The molecule has 0 aliphatic rings. The Bertz CT molecular complexity index is 525. The van der Waals surface area contributed by atoms with Gasteiger partial charge in [0, 0.05) is 15.2 Å². The van der Waals surface area contributed by atoms with E-state index in [4.69, 9.17) is 5.26 Å². The molecule has 4 heteroatoms. The Morgan fingerprint density at radius 1 is 1.50 bits per heavy atom. The normalized spacial score (nSPS) is 10.3. The topological polar surface area (TPSA) is 44.0 Å². The van der Waals surface area contributed by atoms with Crippen LogP contribution in [0.25, 0.3) is 10.1 Å². The van der Waals surface area contributed by atoms with E-state index in [1.807, 2.05) is 6.07 Å². The van der Waals surface area contributed by atoms with E-state index in [9.17, 15) is 5.11 Å². The number of benzene rings is 1. The predicted molar refractivity (Wildman–Crippen MR) is 60.1 cm³/mol. The van der Waals surface area contributed by atoms with E-state index in [0.29, 0.717) is 6.42 Å². The Hall–Kier alpha value is -1.18. The van der Waals surface area contributed by atoms with Crippen molar-refractivity contribution in [2.24, 2.45) is 0 Å². The van der Waals surface area contributed by atoms with Gasteiger partial charge in [0.1, 0.15) is 5.75 Å². The van der Waals surface area contributed by atoms with Gasteiger partial charge in [0.2, 0.25) is 0 Å². The summed E-state index contributed by atoms with van der Waals surface area (Å²) in [6.45, 7) is 0. The van der Waals surface area contributed by atoms with Crippen LogP contribution in [0.3, 0.4) is 0 Å². The fraction of sp³-hybridized carbons (Fsp3) is 0.100. The van der Waals surface area contributed by atoms with Gasteiger partial charge in [0.25, 0.3) is 0 Å². The molecule has 0 aliphatic heterocycles. The summed E-state index contributed by atoms with van der Waals surface area (Å²) >= 11 is 5.77. The van der Waals surface area contributed by atoms with E-state index in [0.717, 1.165) is 19.9 Å². The van der Waals surface area contributed by atoms with Crippen LogP contribution in [-0.2, 0) is 6.42 Å². The minimum Gasteiger partial charge on any atom is -0.506 e. The number of rotatable bonds is 1. The SMILES string of the molecule is N#CCc1sc2c(O)cccc2c1S. The zero-order valence-electron chi connectivity index (χ0n) is 7.19. The lowest BCUT2D eigenvalue weighted by atomic mass is 10.2. The fourth-order valence-electron chi connectivity index (χ4n) is 1.33. The van der Waals surface area contributed by atoms with Crippen LogP contribution >= 0.6 is 24.0 Å². The van der Waals surface area contributed by atoms with Gasteiger partial charge in [0.15, 0.2) is 0 Å². The average molecular weight is 221 g/mol. The lowest BCUT2D eigenvalue weighted by Crippen LogP contribution is -1.74. The van der Waals surface area contributed by atoms with Crippen LogP contribution < -0.4 is 0 Å². The lowest BCUT2D eigenvalue weighted by molar-refractivity contribution is 0.482. The largest absolute Gasteiger partial charge is 0.506 e. The van der Waals surface area contributed by atoms with Gasteiger partial charge in [-0.05, 0) is 6.07 Å². The van der Waals surface area contributed by atoms with Gasteiger partial charge < -0.3 is 5.11 Å². The number of hydrogen-bond acceptors (Lipinski definition) is 4. The van der Waals surface area contributed by atoms with E-state index in [1.165, 1.54) is 11.3 Å². The van der Waals surface area contributed by atoms with Gasteiger partial charge in [-0.2, -0.15) is 5.26 Å². The molecule has 0 saturated carbocycles. The van der Waals surface area contributed by atoms with Gasteiger partial charge >= 0.3 is 0 Å². The lowest BCUT2D eigenvalue weighted by Gasteiger charge is -1.92. The highest BCUT2D eigenvalue weighted by Crippen LogP contribution is 2.38. The minimum absolute atomic E-state index is 0.256. The summed E-state index contributed by atoms with van der Waals surface area (Å²) in [6, 6.07) is 7.40. The van der Waals surface area contributed by atoms with E-state index in [1.54, 1.807) is 12.1 Å². The van der Waals surface area contributed by atoms with Crippen LogP contribution in [0.15, 0.2) is 23.1 Å². The van der Waals surface area contributed by atoms with Crippen molar-refractivity contribution in [1.29, 1.82) is 5.26 Å². The highest BCUT2D eigenvalue weighted by molar-refractivity contribution is 7.80. The molecule has 0 spiro atoms. The first-order valence-electron chi connectivity index (χ1n) is 4.03. The molecule has 0 radical (unpaired) electrons. The molecule has 0 bridgehead atoms. The van der Waals surface area contributed by atoms with Crippen LogP contribution in [0.4, 0.5) is 0 Å². The van der Waals surface area contributed by atoms with Crippen molar-refractivity contribution >= 4 is 34.1 Å². The first-order valence-corrected chi connectivity index (χ1v) is 5.29. The third-order valence-corrected chi connectivity index (χ3v) is 3.87. The number of nitrogens with zero attached hydrogens (tertiary/aromatic N) is 1. The standard InChI is InChI=1S/C10H7NOS2/c11-5-4-8-9(13)6-2-1-3-7(12)10(6)14-8/h1-3,12-13H,4H2. The molecule has 14 heavy (non-hydrogen) atoms. The molecule has 0 fully saturated rings. The van der Waals surface area contributed by atoms with Gasteiger partial charge in [0.05, 0.1) is 17.2 Å². The van der Waals surface area contributed by atoms with Crippen molar-refractivity contribution < 1.29 is 5.11 Å². The quantitative estimate of drug-likeness (QED) is 0.727. The molecular formula is C10H7NOS2. The highest BCUT2D eigenvalue weighted by atomic mass is 32.1. The molecule has 2 rings (SSSR count). The summed E-state index contributed by atoms with van der Waals surface area (Å²) in [6.07, 6.45) is 0.345. The second-order valence-corrected chi connectivity index (χ2v) is 4.41. The third kappa shape index (κ3) is 1.35. The minimum atomic E-state index is 0.256. The Balaban J connectivity index is 2.74. The monoisotopic (exact) mass is 221 g/mol. The van der Waals surface area contributed by atoms with Gasteiger partial charge in [-0.3, -0.25) is 0 Å². The van der Waals surface area contributed by atoms with Crippen molar-refractivity contribution in [2.45, 2.75) is 11.3 Å². The van der Waals surface area contributed by atoms with Crippen molar-refractivity contribution in [3.05, 3.63) is 23.1 Å². The molecule has 0 aliphatic carbocycles. The van der Waals surface area contributed by atoms with Crippen LogP contribution in [-0.4, -0.2) is 5.11 Å². The van der Waals surface area contributed by atoms with Crippen molar-refractivity contribution in [3.8, 4) is 11.8 Å². The molecule has 0 atom stereocenters. The molecule has 1 aromatic carbocycles. The van der Waals surface area contributed by atoms with E-state index >= 15 is 0 Å². The van der Waals surface area contributed by atoms with E-state index in [-0.39, 0.29) is 5.75 Å². The molecule has 1 heterocycles. The molecule has 70 valence electrons. The zero-order chi connectivity index (χ0) is 10.1. The number of fused-ring (bicyclic) bond motifs is 1. The second kappa shape index (κ2) is 3.52. The zero-order valence-corrected chi connectivity index (χ0v) is 8.90. The van der Waals surface area contributed by atoms with Crippen molar-refractivity contribution in [3.63, 3.8) is 0 Å². The summed E-state index contributed by atoms with van der Waals surface area (Å²) in [5.74, 6) is 0.256. The predicted octanol–water partition coefficient (Wildman–Crippen LogP) is 2.96. The van der Waals surface area contributed by atoms with Crippen molar-refractivity contribution in [1.82, 2.24) is 0 Å². The van der Waals surface area contributed by atoms with E-state index < -0.39 is 0 Å². The summed E-state index contributed by atoms with van der Waals surface area (Å²) in [5.41, 5.74) is 0. The Labute approximate surface area is 90.8 Å². The van der Waals surface area contributed by atoms with Crippen molar-refractivity contribution in [2.75, 3.05) is 0 Å². The number of phenolic OH excluding ortho intramolecular Hbond substituents is 1. The molecule has 2 aromatic rings. The molecule has 0 amide bonds. The van der Waals surface area contributed by atoms with Gasteiger partial charge in [-0.15, -0.1) is 24.0 Å². The third-order valence-electron chi connectivity index (χ3n) is 1.98. The maximum absolute atomic E-state index is 9.57. The summed E-state index contributed by atoms with van der Waals surface area (Å²) in [4.78, 5) is 1.72. The van der Waals surface area contributed by atoms with Crippen LogP contribution in [0.5, 0.6) is 5.75 Å². The maximum Gasteiger partial charge on any atom is 0.133 e. The van der Waals surface area contributed by atoms with E-state index in [2.05, 4.69) is 18.7 Å². The number of phenols is 1. The number of nitriles is 1. The van der Waals surface area contributed by atoms with Gasteiger partial charge in [-0.25, -0.2) is 0 Å². The summed E-state index contributed by atoms with van der Waals surface area (Å²) in [7, 11) is 0. The number of aromatic hydroxyl groups is 1. The molecule has 0 saturated heterocycles.